The van der Waals surface area contributed by atoms with E-state index in [2.05, 4.69) is 21.3 Å². The van der Waals surface area contributed by atoms with Crippen LogP contribution in [0.3, 0.4) is 0 Å². The Morgan fingerprint density at radius 2 is 1.90 bits per heavy atom. The molecule has 1 amide bonds. The minimum absolute atomic E-state index is 0.000109. The van der Waals surface area contributed by atoms with Crippen molar-refractivity contribution in [2.24, 2.45) is 0 Å². The minimum Gasteiger partial charge on any atom is -0.497 e. The molecule has 2 aromatic carbocycles. The first-order valence-electron chi connectivity index (χ1n) is 10.3. The van der Waals surface area contributed by atoms with E-state index in [9.17, 15) is 4.79 Å². The van der Waals surface area contributed by atoms with Crippen LogP contribution in [0, 0.1) is 0 Å². The maximum Gasteiger partial charge on any atom is 0.227 e. The second-order valence-electron chi connectivity index (χ2n) is 7.54. The Balaban J connectivity index is 1.37. The summed E-state index contributed by atoms with van der Waals surface area (Å²) in [6.45, 7) is 5.59. The molecule has 4 rings (SSSR count). The lowest BCUT2D eigenvalue weighted by molar-refractivity contribution is -0.122. The standard InChI is InChI=1S/C24H27N3O3/c1-17(19-4-5-21-14-22(29-2)7-6-20(21)13-19)24(28)26-16-18-3-8-23(25-15-18)27-9-11-30-12-10-27/h3-8,13-15,17H,9-12,16H2,1-2H3,(H,26,28)/t17-/m1/s1. The SMILES string of the molecule is COc1ccc2cc([C@@H](C)C(=O)NCc3ccc(N4CCOCC4)nc3)ccc2c1. The molecule has 30 heavy (non-hydrogen) atoms. The molecule has 1 atom stereocenters. The second-order valence-corrected chi connectivity index (χ2v) is 7.54. The fourth-order valence-electron chi connectivity index (χ4n) is 3.63. The number of fused-ring (bicyclic) bond motifs is 1. The van der Waals surface area contributed by atoms with Crippen LogP contribution in [0.25, 0.3) is 10.8 Å². The van der Waals surface area contributed by atoms with E-state index in [4.69, 9.17) is 9.47 Å². The third-order valence-electron chi connectivity index (χ3n) is 5.58. The Morgan fingerprint density at radius 1 is 1.13 bits per heavy atom. The summed E-state index contributed by atoms with van der Waals surface area (Å²) in [6, 6.07) is 16.1. The van der Waals surface area contributed by atoms with E-state index >= 15 is 0 Å². The number of benzene rings is 2. The number of pyridine rings is 1. The first-order chi connectivity index (χ1) is 14.6. The highest BCUT2D eigenvalue weighted by Crippen LogP contribution is 2.25. The number of hydrogen-bond acceptors (Lipinski definition) is 5. The van der Waals surface area contributed by atoms with E-state index in [1.54, 1.807) is 7.11 Å². The summed E-state index contributed by atoms with van der Waals surface area (Å²) in [5.74, 6) is 1.54. The van der Waals surface area contributed by atoms with Crippen molar-refractivity contribution in [2.45, 2.75) is 19.4 Å². The van der Waals surface area contributed by atoms with E-state index < -0.39 is 0 Å². The van der Waals surface area contributed by atoms with Gasteiger partial charge in [0.1, 0.15) is 11.6 Å². The molecule has 0 unspecified atom stereocenters. The van der Waals surface area contributed by atoms with Gasteiger partial charge in [-0.2, -0.15) is 0 Å². The zero-order valence-corrected chi connectivity index (χ0v) is 17.4. The lowest BCUT2D eigenvalue weighted by Crippen LogP contribution is -2.36. The highest BCUT2D eigenvalue weighted by atomic mass is 16.5. The highest BCUT2D eigenvalue weighted by Gasteiger charge is 2.16. The molecule has 3 aromatic rings. The van der Waals surface area contributed by atoms with Crippen molar-refractivity contribution in [2.75, 3.05) is 38.3 Å². The first-order valence-corrected chi connectivity index (χ1v) is 10.3. The Labute approximate surface area is 176 Å². The van der Waals surface area contributed by atoms with Gasteiger partial charge in [0.05, 0.1) is 26.2 Å². The van der Waals surface area contributed by atoms with Crippen LogP contribution in [0.15, 0.2) is 54.7 Å². The van der Waals surface area contributed by atoms with Crippen LogP contribution in [0.2, 0.25) is 0 Å². The molecule has 1 fully saturated rings. The average molecular weight is 405 g/mol. The number of carbonyl (C=O) groups is 1. The number of hydrogen-bond donors (Lipinski definition) is 1. The molecule has 0 spiro atoms. The number of amides is 1. The van der Waals surface area contributed by atoms with Gasteiger partial charge < -0.3 is 19.7 Å². The maximum absolute atomic E-state index is 12.7. The van der Waals surface area contributed by atoms with Crippen molar-refractivity contribution in [3.8, 4) is 5.75 Å². The van der Waals surface area contributed by atoms with Crippen molar-refractivity contribution >= 4 is 22.5 Å². The zero-order valence-electron chi connectivity index (χ0n) is 17.4. The molecule has 1 aliphatic rings. The molecule has 0 saturated carbocycles. The highest BCUT2D eigenvalue weighted by molar-refractivity contribution is 5.88. The van der Waals surface area contributed by atoms with Gasteiger partial charge in [-0.05, 0) is 47.0 Å². The minimum atomic E-state index is -0.239. The molecular weight excluding hydrogens is 378 g/mol. The van der Waals surface area contributed by atoms with Gasteiger partial charge in [-0.25, -0.2) is 4.98 Å². The summed E-state index contributed by atoms with van der Waals surface area (Å²) < 4.78 is 10.7. The van der Waals surface area contributed by atoms with Crippen LogP contribution in [-0.2, 0) is 16.1 Å². The average Bonchev–Trinajstić information content (AvgIpc) is 2.82. The summed E-state index contributed by atoms with van der Waals surface area (Å²) in [6.07, 6.45) is 1.83. The lowest BCUT2D eigenvalue weighted by Gasteiger charge is -2.27. The van der Waals surface area contributed by atoms with E-state index in [0.29, 0.717) is 6.54 Å². The number of anilines is 1. The first kappa shape index (κ1) is 20.2. The Kier molecular flexibility index (Phi) is 6.14. The number of nitrogens with one attached hydrogen (secondary N) is 1. The van der Waals surface area contributed by atoms with Crippen LogP contribution in [0.4, 0.5) is 5.82 Å². The van der Waals surface area contributed by atoms with E-state index in [1.807, 2.05) is 55.6 Å². The molecule has 0 bridgehead atoms. The Hall–Kier alpha value is -3.12. The summed E-state index contributed by atoms with van der Waals surface area (Å²) in [5, 5.41) is 5.22. The summed E-state index contributed by atoms with van der Waals surface area (Å²) in [4.78, 5) is 19.4. The fraction of sp³-hybridized carbons (Fsp3) is 0.333. The Morgan fingerprint density at radius 3 is 2.63 bits per heavy atom. The van der Waals surface area contributed by atoms with E-state index in [-0.39, 0.29) is 11.8 Å². The van der Waals surface area contributed by atoms with Crippen molar-refractivity contribution in [3.63, 3.8) is 0 Å². The Bertz CT molecular complexity index is 1010. The lowest BCUT2D eigenvalue weighted by atomic mass is 9.97. The number of methoxy groups -OCH3 is 1. The predicted octanol–water partition coefficient (Wildman–Crippen LogP) is 3.50. The maximum atomic E-state index is 12.7. The van der Waals surface area contributed by atoms with Gasteiger partial charge in [-0.1, -0.05) is 30.3 Å². The van der Waals surface area contributed by atoms with Crippen LogP contribution < -0.4 is 15.0 Å². The molecular formula is C24H27N3O3. The van der Waals surface area contributed by atoms with Gasteiger partial charge in [0.25, 0.3) is 0 Å². The molecule has 1 aromatic heterocycles. The van der Waals surface area contributed by atoms with Crippen molar-refractivity contribution in [1.82, 2.24) is 10.3 Å². The fourth-order valence-corrected chi connectivity index (χ4v) is 3.63. The van der Waals surface area contributed by atoms with Crippen LogP contribution >= 0.6 is 0 Å². The molecule has 156 valence electrons. The van der Waals surface area contributed by atoms with Crippen molar-refractivity contribution in [1.29, 1.82) is 0 Å². The summed E-state index contributed by atoms with van der Waals surface area (Å²) >= 11 is 0. The van der Waals surface area contributed by atoms with Gasteiger partial charge in [0, 0.05) is 25.8 Å². The number of morpholine rings is 1. The molecule has 2 heterocycles. The molecule has 1 N–H and O–H groups in total. The normalized spacial score (nSPS) is 15.1. The third kappa shape index (κ3) is 4.54. The van der Waals surface area contributed by atoms with Crippen LogP contribution in [0.1, 0.15) is 24.0 Å². The van der Waals surface area contributed by atoms with Crippen molar-refractivity contribution < 1.29 is 14.3 Å². The molecule has 6 nitrogen and oxygen atoms in total. The quantitative estimate of drug-likeness (QED) is 0.680. The number of aromatic nitrogens is 1. The molecule has 6 heteroatoms. The molecule has 0 aliphatic carbocycles. The number of rotatable bonds is 6. The summed E-state index contributed by atoms with van der Waals surface area (Å²) in [5.41, 5.74) is 1.98. The van der Waals surface area contributed by atoms with E-state index in [1.165, 1.54) is 0 Å². The second kappa shape index (κ2) is 9.13. The van der Waals surface area contributed by atoms with E-state index in [0.717, 1.165) is 59.8 Å². The van der Waals surface area contributed by atoms with Gasteiger partial charge in [0.2, 0.25) is 5.91 Å². The third-order valence-corrected chi connectivity index (χ3v) is 5.58. The van der Waals surface area contributed by atoms with Crippen LogP contribution in [0.5, 0.6) is 5.75 Å². The summed E-state index contributed by atoms with van der Waals surface area (Å²) in [7, 11) is 1.66. The van der Waals surface area contributed by atoms with Gasteiger partial charge >= 0.3 is 0 Å². The van der Waals surface area contributed by atoms with Gasteiger partial charge in [-0.15, -0.1) is 0 Å². The van der Waals surface area contributed by atoms with Gasteiger partial charge in [0.15, 0.2) is 0 Å². The monoisotopic (exact) mass is 405 g/mol. The largest absolute Gasteiger partial charge is 0.497 e. The molecule has 0 radical (unpaired) electrons. The van der Waals surface area contributed by atoms with Crippen molar-refractivity contribution in [3.05, 3.63) is 65.9 Å². The zero-order chi connectivity index (χ0) is 20.9. The molecule has 1 aliphatic heterocycles. The predicted molar refractivity (Wildman–Crippen MR) is 118 cm³/mol. The molecule has 1 saturated heterocycles. The van der Waals surface area contributed by atoms with Crippen LogP contribution in [-0.4, -0.2) is 44.3 Å². The smallest absolute Gasteiger partial charge is 0.227 e. The number of ether oxygens (including phenoxy) is 2. The topological polar surface area (TPSA) is 63.7 Å². The number of carbonyl (C=O) groups excluding carboxylic acids is 1. The van der Waals surface area contributed by atoms with Gasteiger partial charge in [-0.3, -0.25) is 4.79 Å². The number of nitrogens with zero attached hydrogens (tertiary/aromatic N) is 2.